The average Bonchev–Trinajstić information content (AvgIpc) is 2.79. The van der Waals surface area contributed by atoms with E-state index in [-0.39, 0.29) is 11.3 Å². The summed E-state index contributed by atoms with van der Waals surface area (Å²) in [5.41, 5.74) is 0.755. The van der Waals surface area contributed by atoms with E-state index in [0.29, 0.717) is 28.7 Å². The molecule has 2 aromatic heterocycles. The van der Waals surface area contributed by atoms with E-state index in [4.69, 9.17) is 16.3 Å². The van der Waals surface area contributed by atoms with E-state index in [1.807, 2.05) is 13.8 Å². The summed E-state index contributed by atoms with van der Waals surface area (Å²) < 4.78 is 5.19. The third-order valence-corrected chi connectivity index (χ3v) is 4.29. The normalized spacial score (nSPS) is 12.4. The third kappa shape index (κ3) is 3.66. The highest BCUT2D eigenvalue weighted by Crippen LogP contribution is 2.35. The number of rotatable bonds is 6. The van der Waals surface area contributed by atoms with Gasteiger partial charge in [0.25, 0.3) is 0 Å². The van der Waals surface area contributed by atoms with Gasteiger partial charge in [-0.2, -0.15) is 0 Å². The molecule has 1 unspecified atom stereocenters. The van der Waals surface area contributed by atoms with Crippen molar-refractivity contribution in [3.8, 4) is 0 Å². The third-order valence-electron chi connectivity index (χ3n) is 2.95. The van der Waals surface area contributed by atoms with Gasteiger partial charge in [-0.25, -0.2) is 14.8 Å². The minimum absolute atomic E-state index is 0.0929. The van der Waals surface area contributed by atoms with Crippen molar-refractivity contribution in [1.29, 1.82) is 0 Å². The van der Waals surface area contributed by atoms with Crippen LogP contribution in [0.25, 0.3) is 10.2 Å². The molecule has 0 spiro atoms. The number of nitrogens with one attached hydrogen (secondary N) is 1. The summed E-state index contributed by atoms with van der Waals surface area (Å²) in [7, 11) is 0. The largest absolute Gasteiger partial charge is 0.462 e. The highest BCUT2D eigenvalue weighted by molar-refractivity contribution is 7.20. The predicted molar refractivity (Wildman–Crippen MR) is 87.9 cm³/mol. The molecule has 2 heterocycles. The van der Waals surface area contributed by atoms with Gasteiger partial charge in [-0.05, 0) is 37.4 Å². The molecule has 0 saturated heterocycles. The highest BCUT2D eigenvalue weighted by Gasteiger charge is 2.21. The zero-order chi connectivity index (χ0) is 16.3. The van der Waals surface area contributed by atoms with Crippen LogP contribution in [0.2, 0.25) is 5.28 Å². The molecule has 0 radical (unpaired) electrons. The number of halogens is 1. The number of esters is 1. The second-order valence-electron chi connectivity index (χ2n) is 4.94. The summed E-state index contributed by atoms with van der Waals surface area (Å²) in [4.78, 5) is 21.5. The molecule has 6 nitrogen and oxygen atoms in total. The van der Waals surface area contributed by atoms with Gasteiger partial charge in [0.05, 0.1) is 18.1 Å². The number of anilines is 1. The maximum Gasteiger partial charge on any atom is 0.348 e. The van der Waals surface area contributed by atoms with Crippen molar-refractivity contribution in [3.63, 3.8) is 0 Å². The van der Waals surface area contributed by atoms with Crippen molar-refractivity contribution in [2.75, 3.05) is 18.5 Å². The van der Waals surface area contributed by atoms with Crippen molar-refractivity contribution >= 4 is 44.9 Å². The lowest BCUT2D eigenvalue weighted by Gasteiger charge is -2.09. The van der Waals surface area contributed by atoms with Crippen LogP contribution < -0.4 is 5.32 Å². The molecule has 0 saturated carbocycles. The zero-order valence-electron chi connectivity index (χ0n) is 12.6. The summed E-state index contributed by atoms with van der Waals surface area (Å²) in [6, 6.07) is 0. The van der Waals surface area contributed by atoms with Crippen LogP contribution in [0.4, 0.5) is 5.82 Å². The molecule has 0 bridgehead atoms. The van der Waals surface area contributed by atoms with E-state index in [1.54, 1.807) is 6.92 Å². The van der Waals surface area contributed by atoms with Crippen LogP contribution in [0, 0.1) is 6.92 Å². The lowest BCUT2D eigenvalue weighted by molar-refractivity contribution is 0.0510. The Balaban J connectivity index is 2.44. The number of aryl methyl sites for hydroxylation is 1. The SMILES string of the molecule is CCCOC(=O)c1sc2nc(Cl)nc(NCC(C)O)c2c1C. The van der Waals surface area contributed by atoms with E-state index >= 15 is 0 Å². The van der Waals surface area contributed by atoms with Gasteiger partial charge in [-0.1, -0.05) is 6.92 Å². The number of hydrogen-bond acceptors (Lipinski definition) is 7. The Morgan fingerprint density at radius 3 is 2.86 bits per heavy atom. The summed E-state index contributed by atoms with van der Waals surface area (Å²) >= 11 is 7.16. The van der Waals surface area contributed by atoms with Crippen LogP contribution >= 0.6 is 22.9 Å². The number of carbonyl (C=O) groups excluding carboxylic acids is 1. The molecule has 2 N–H and O–H groups in total. The fraction of sp³-hybridized carbons (Fsp3) is 0.500. The number of nitrogens with zero attached hydrogens (tertiary/aromatic N) is 2. The molecular weight excluding hydrogens is 326 g/mol. The molecule has 120 valence electrons. The average molecular weight is 344 g/mol. The fourth-order valence-corrected chi connectivity index (χ4v) is 3.23. The van der Waals surface area contributed by atoms with E-state index in [9.17, 15) is 9.90 Å². The lowest BCUT2D eigenvalue weighted by Crippen LogP contribution is -2.16. The topological polar surface area (TPSA) is 84.3 Å². The second-order valence-corrected chi connectivity index (χ2v) is 6.28. The summed E-state index contributed by atoms with van der Waals surface area (Å²) in [6.45, 7) is 6.14. The quantitative estimate of drug-likeness (QED) is 0.619. The van der Waals surface area contributed by atoms with Crippen molar-refractivity contribution in [1.82, 2.24) is 9.97 Å². The Morgan fingerprint density at radius 1 is 1.50 bits per heavy atom. The van der Waals surface area contributed by atoms with Crippen LogP contribution in [0.15, 0.2) is 0 Å². The standard InChI is InChI=1S/C14H18ClN3O3S/c1-4-5-21-13(20)10-8(3)9-11(16-6-7(2)19)17-14(15)18-12(9)22-10/h7,19H,4-6H2,1-3H3,(H,16,17,18). The Kier molecular flexibility index (Phi) is 5.55. The van der Waals surface area contributed by atoms with Gasteiger partial charge in [-0.3, -0.25) is 0 Å². The number of thiophene rings is 1. The van der Waals surface area contributed by atoms with Gasteiger partial charge in [0.15, 0.2) is 0 Å². The summed E-state index contributed by atoms with van der Waals surface area (Å²) in [5.74, 6) is 0.152. The van der Waals surface area contributed by atoms with Crippen LogP contribution in [-0.2, 0) is 4.74 Å². The maximum atomic E-state index is 12.1. The molecule has 8 heteroatoms. The lowest BCUT2D eigenvalue weighted by atomic mass is 10.2. The molecule has 0 aliphatic carbocycles. The zero-order valence-corrected chi connectivity index (χ0v) is 14.2. The van der Waals surface area contributed by atoms with Crippen molar-refractivity contribution in [2.45, 2.75) is 33.3 Å². The number of aromatic nitrogens is 2. The monoisotopic (exact) mass is 343 g/mol. The first kappa shape index (κ1) is 16.9. The minimum atomic E-state index is -0.531. The van der Waals surface area contributed by atoms with E-state index < -0.39 is 6.10 Å². The Morgan fingerprint density at radius 2 is 2.23 bits per heavy atom. The van der Waals surface area contributed by atoms with E-state index in [2.05, 4.69) is 15.3 Å². The fourth-order valence-electron chi connectivity index (χ4n) is 1.94. The number of ether oxygens (including phenoxy) is 1. The van der Waals surface area contributed by atoms with Crippen LogP contribution in [0.5, 0.6) is 0 Å². The smallest absolute Gasteiger partial charge is 0.348 e. The molecule has 0 amide bonds. The van der Waals surface area contributed by atoms with Gasteiger partial charge in [0.1, 0.15) is 15.5 Å². The highest BCUT2D eigenvalue weighted by atomic mass is 35.5. The first-order valence-corrected chi connectivity index (χ1v) is 8.19. The van der Waals surface area contributed by atoms with E-state index in [1.165, 1.54) is 11.3 Å². The summed E-state index contributed by atoms with van der Waals surface area (Å²) in [5, 5.41) is 13.3. The van der Waals surface area contributed by atoms with E-state index in [0.717, 1.165) is 17.4 Å². The Labute approximate surface area is 137 Å². The summed E-state index contributed by atoms with van der Waals surface area (Å²) in [6.07, 6.45) is 0.236. The van der Waals surface area contributed by atoms with Gasteiger partial charge in [0, 0.05) is 6.54 Å². The van der Waals surface area contributed by atoms with Crippen molar-refractivity contribution in [2.24, 2.45) is 0 Å². The number of hydrogen-bond donors (Lipinski definition) is 2. The molecule has 0 aliphatic heterocycles. The Hall–Kier alpha value is -1.44. The Bertz CT molecular complexity index is 688. The van der Waals surface area contributed by atoms with Gasteiger partial charge in [-0.15, -0.1) is 11.3 Å². The van der Waals surface area contributed by atoms with Crippen molar-refractivity contribution < 1.29 is 14.6 Å². The van der Waals surface area contributed by atoms with Gasteiger partial charge >= 0.3 is 5.97 Å². The maximum absolute atomic E-state index is 12.1. The van der Waals surface area contributed by atoms with Crippen LogP contribution in [-0.4, -0.2) is 40.3 Å². The molecule has 2 rings (SSSR count). The molecule has 1 atom stereocenters. The molecule has 22 heavy (non-hydrogen) atoms. The number of aliphatic hydroxyl groups excluding tert-OH is 1. The molecule has 0 aromatic carbocycles. The predicted octanol–water partition coefficient (Wildman–Crippen LogP) is 3.01. The first-order chi connectivity index (χ1) is 10.4. The van der Waals surface area contributed by atoms with Crippen LogP contribution in [0.3, 0.4) is 0 Å². The number of carbonyl (C=O) groups is 1. The second kappa shape index (κ2) is 7.21. The van der Waals surface area contributed by atoms with Crippen LogP contribution in [0.1, 0.15) is 35.5 Å². The molecular formula is C14H18ClN3O3S. The molecule has 2 aromatic rings. The van der Waals surface area contributed by atoms with Gasteiger partial charge < -0.3 is 15.2 Å². The van der Waals surface area contributed by atoms with Gasteiger partial charge in [0.2, 0.25) is 5.28 Å². The first-order valence-electron chi connectivity index (χ1n) is 6.99. The van der Waals surface area contributed by atoms with Crippen molar-refractivity contribution in [3.05, 3.63) is 15.7 Å². The minimum Gasteiger partial charge on any atom is -0.462 e. The molecule has 0 fully saturated rings. The number of fused-ring (bicyclic) bond motifs is 1. The molecule has 0 aliphatic rings. The number of aliphatic hydroxyl groups is 1.